The number of methoxy groups -OCH3 is 1. The number of rotatable bonds is 7. The van der Waals surface area contributed by atoms with Gasteiger partial charge < -0.3 is 9.47 Å². The third-order valence-electron chi connectivity index (χ3n) is 6.64. The summed E-state index contributed by atoms with van der Waals surface area (Å²) in [6.45, 7) is 2.52. The van der Waals surface area contributed by atoms with Gasteiger partial charge in [-0.1, -0.05) is 49.0 Å². The van der Waals surface area contributed by atoms with E-state index in [1.54, 1.807) is 25.5 Å². The molecule has 2 fully saturated rings. The zero-order valence-corrected chi connectivity index (χ0v) is 21.6. The highest BCUT2D eigenvalue weighted by atomic mass is 127. The third-order valence-corrected chi connectivity index (χ3v) is 8.03. The van der Waals surface area contributed by atoms with E-state index < -0.39 is 0 Å². The summed E-state index contributed by atoms with van der Waals surface area (Å²) in [6.07, 6.45) is 6.37. The molecule has 0 aromatic heterocycles. The van der Waals surface area contributed by atoms with Crippen molar-refractivity contribution in [2.24, 2.45) is 22.4 Å². The van der Waals surface area contributed by atoms with Crippen molar-refractivity contribution in [1.29, 1.82) is 0 Å². The predicted octanol–water partition coefficient (Wildman–Crippen LogP) is 6.46. The van der Waals surface area contributed by atoms with E-state index in [-0.39, 0.29) is 23.8 Å². The van der Waals surface area contributed by atoms with Crippen LogP contribution in [0.3, 0.4) is 0 Å². The molecule has 0 unspecified atom stereocenters. The maximum Gasteiger partial charge on any atom is 0.244 e. The number of nitrogens with one attached hydrogen (secondary N) is 1. The standard InChI is InChI=1S/C24H25Cl2IN2O3/c1-24-8-4-3-5-17(24)21(24)23(30)29-28-12-14-9-19(27)22(20(10-14)31-2)32-13-15-6-7-16(25)11-18(15)26/h6-7,9-12,17,21H,3-5,8,13H2,1-2H3,(H,29,30)/b28-12-/t17-,21-,24+/m0/s1. The third kappa shape index (κ3) is 4.87. The molecule has 2 saturated carbocycles. The Morgan fingerprint density at radius 3 is 2.81 bits per heavy atom. The number of ether oxygens (including phenoxy) is 2. The minimum absolute atomic E-state index is 0.0251. The SMILES string of the molecule is COc1cc(/C=N\NC(=O)[C@@H]2[C@@H]3CCCC[C@@]23C)cc(I)c1OCc1ccc(Cl)cc1Cl. The van der Waals surface area contributed by atoms with Gasteiger partial charge in [-0.15, -0.1) is 0 Å². The Morgan fingerprint density at radius 1 is 1.31 bits per heavy atom. The number of hydrogen-bond donors (Lipinski definition) is 1. The van der Waals surface area contributed by atoms with Crippen LogP contribution in [0.15, 0.2) is 35.4 Å². The molecule has 0 heterocycles. The summed E-state index contributed by atoms with van der Waals surface area (Å²) in [5.41, 5.74) is 4.54. The zero-order valence-electron chi connectivity index (χ0n) is 18.0. The Morgan fingerprint density at radius 2 is 2.12 bits per heavy atom. The number of carbonyl (C=O) groups is 1. The van der Waals surface area contributed by atoms with Crippen molar-refractivity contribution in [2.45, 2.75) is 39.2 Å². The van der Waals surface area contributed by atoms with Crippen LogP contribution in [0.1, 0.15) is 43.7 Å². The maximum atomic E-state index is 12.6. The average Bonchev–Trinajstić information content (AvgIpc) is 3.39. The lowest BCUT2D eigenvalue weighted by Gasteiger charge is -2.15. The topological polar surface area (TPSA) is 59.9 Å². The van der Waals surface area contributed by atoms with Crippen LogP contribution in [0.2, 0.25) is 10.0 Å². The Bertz CT molecular complexity index is 1060. The number of hydrazone groups is 1. The molecule has 1 N–H and O–H groups in total. The van der Waals surface area contributed by atoms with Crippen molar-refractivity contribution in [1.82, 2.24) is 5.43 Å². The van der Waals surface area contributed by atoms with Crippen LogP contribution in [0.5, 0.6) is 11.5 Å². The second-order valence-corrected chi connectivity index (χ2v) is 10.6. The van der Waals surface area contributed by atoms with Crippen LogP contribution in [0, 0.1) is 20.8 Å². The van der Waals surface area contributed by atoms with Crippen LogP contribution in [0.4, 0.5) is 0 Å². The van der Waals surface area contributed by atoms with Gasteiger partial charge in [0.25, 0.3) is 0 Å². The van der Waals surface area contributed by atoms with Gasteiger partial charge in [0.1, 0.15) is 6.61 Å². The first-order valence-electron chi connectivity index (χ1n) is 10.6. The number of amides is 1. The highest BCUT2D eigenvalue weighted by Gasteiger charge is 2.64. The van der Waals surface area contributed by atoms with Gasteiger partial charge in [-0.2, -0.15) is 5.10 Å². The molecule has 2 aromatic rings. The largest absolute Gasteiger partial charge is 0.493 e. The molecule has 2 aliphatic carbocycles. The molecule has 0 saturated heterocycles. The molecule has 2 aromatic carbocycles. The fraction of sp³-hybridized carbons (Fsp3) is 0.417. The van der Waals surface area contributed by atoms with E-state index in [1.165, 1.54) is 12.8 Å². The Balaban J connectivity index is 1.41. The summed E-state index contributed by atoms with van der Waals surface area (Å²) >= 11 is 14.4. The average molecular weight is 587 g/mol. The monoisotopic (exact) mass is 586 g/mol. The first-order chi connectivity index (χ1) is 15.3. The second-order valence-electron chi connectivity index (χ2n) is 8.63. The first kappa shape index (κ1) is 23.6. The quantitative estimate of drug-likeness (QED) is 0.230. The molecule has 0 bridgehead atoms. The van der Waals surface area contributed by atoms with Gasteiger partial charge in [0.15, 0.2) is 11.5 Å². The number of hydrogen-bond acceptors (Lipinski definition) is 4. The van der Waals surface area contributed by atoms with Gasteiger partial charge in [0.05, 0.1) is 16.9 Å². The molecule has 0 radical (unpaired) electrons. The maximum absolute atomic E-state index is 12.6. The van der Waals surface area contributed by atoms with Gasteiger partial charge in [0.2, 0.25) is 5.91 Å². The number of benzene rings is 2. The van der Waals surface area contributed by atoms with Crippen LogP contribution in [-0.4, -0.2) is 19.2 Å². The Hall–Kier alpha value is -1.51. The number of nitrogens with zero attached hydrogens (tertiary/aromatic N) is 1. The highest BCUT2D eigenvalue weighted by molar-refractivity contribution is 14.1. The van der Waals surface area contributed by atoms with Crippen LogP contribution >= 0.6 is 45.8 Å². The van der Waals surface area contributed by atoms with Gasteiger partial charge in [-0.05, 0) is 76.6 Å². The molecule has 1 amide bonds. The molecule has 4 rings (SSSR count). The van der Waals surface area contributed by atoms with Crippen molar-refractivity contribution in [3.63, 3.8) is 0 Å². The first-order valence-corrected chi connectivity index (χ1v) is 12.4. The van der Waals surface area contributed by atoms with Crippen molar-refractivity contribution in [2.75, 3.05) is 7.11 Å². The summed E-state index contributed by atoms with van der Waals surface area (Å²) in [5, 5.41) is 5.33. The summed E-state index contributed by atoms with van der Waals surface area (Å²) < 4.78 is 12.4. The van der Waals surface area contributed by atoms with Gasteiger partial charge in [-0.25, -0.2) is 5.43 Å². The van der Waals surface area contributed by atoms with Crippen LogP contribution in [0.25, 0.3) is 0 Å². The van der Waals surface area contributed by atoms with E-state index in [1.807, 2.05) is 18.2 Å². The van der Waals surface area contributed by atoms with Crippen LogP contribution < -0.4 is 14.9 Å². The van der Waals surface area contributed by atoms with Crippen molar-refractivity contribution >= 4 is 57.9 Å². The molecule has 8 heteroatoms. The van der Waals surface area contributed by atoms with Crippen molar-refractivity contribution in [3.8, 4) is 11.5 Å². The minimum atomic E-state index is 0.0251. The molecule has 3 atom stereocenters. The Labute approximate surface area is 212 Å². The molecule has 2 aliphatic rings. The summed E-state index contributed by atoms with van der Waals surface area (Å²) in [7, 11) is 1.59. The van der Waals surface area contributed by atoms with Gasteiger partial charge in [0, 0.05) is 21.5 Å². The number of carbonyl (C=O) groups excluding carboxylic acids is 1. The summed E-state index contributed by atoms with van der Waals surface area (Å²) in [6, 6.07) is 9.06. The molecule has 32 heavy (non-hydrogen) atoms. The lowest BCUT2D eigenvalue weighted by molar-refractivity contribution is -0.123. The molecular weight excluding hydrogens is 562 g/mol. The number of fused-ring (bicyclic) bond motifs is 1. The molecule has 0 spiro atoms. The van der Waals surface area contributed by atoms with Crippen molar-refractivity contribution < 1.29 is 14.3 Å². The summed E-state index contributed by atoms with van der Waals surface area (Å²) in [5.74, 6) is 1.83. The smallest absolute Gasteiger partial charge is 0.244 e. The van der Waals surface area contributed by atoms with E-state index in [0.29, 0.717) is 27.5 Å². The summed E-state index contributed by atoms with van der Waals surface area (Å²) in [4.78, 5) is 12.6. The highest BCUT2D eigenvalue weighted by Crippen LogP contribution is 2.66. The van der Waals surface area contributed by atoms with E-state index in [0.717, 1.165) is 27.5 Å². The van der Waals surface area contributed by atoms with Gasteiger partial charge in [-0.3, -0.25) is 4.79 Å². The minimum Gasteiger partial charge on any atom is -0.493 e. The van der Waals surface area contributed by atoms with Gasteiger partial charge >= 0.3 is 0 Å². The van der Waals surface area contributed by atoms with Crippen molar-refractivity contribution in [3.05, 3.63) is 55.1 Å². The normalized spacial score (nSPS) is 24.2. The lowest BCUT2D eigenvalue weighted by Crippen LogP contribution is -2.22. The van der Waals surface area contributed by atoms with E-state index >= 15 is 0 Å². The fourth-order valence-electron chi connectivity index (χ4n) is 4.83. The molecule has 170 valence electrons. The molecular formula is C24H25Cl2IN2O3. The van der Waals surface area contributed by atoms with E-state index in [9.17, 15) is 4.79 Å². The second kappa shape index (κ2) is 9.77. The van der Waals surface area contributed by atoms with E-state index in [2.05, 4.69) is 40.0 Å². The molecule has 5 nitrogen and oxygen atoms in total. The predicted molar refractivity (Wildman–Crippen MR) is 136 cm³/mol. The fourth-order valence-corrected chi connectivity index (χ4v) is 6.08. The van der Waals surface area contributed by atoms with Crippen LogP contribution in [-0.2, 0) is 11.4 Å². The molecule has 0 aliphatic heterocycles. The lowest BCUT2D eigenvalue weighted by atomic mass is 9.90. The Kier molecular flexibility index (Phi) is 7.22. The van der Waals surface area contributed by atoms with E-state index in [4.69, 9.17) is 32.7 Å². The number of halogens is 3. The zero-order chi connectivity index (χ0) is 22.9.